The lowest BCUT2D eigenvalue weighted by molar-refractivity contribution is -0.150. The highest BCUT2D eigenvalue weighted by atomic mass is 16.4. The van der Waals surface area contributed by atoms with Gasteiger partial charge < -0.3 is 46.6 Å². The third-order valence-corrected chi connectivity index (χ3v) is 9.46. The Labute approximate surface area is 275 Å². The molecule has 0 aromatic rings. The minimum absolute atomic E-state index is 0.186. The molecule has 0 unspecified atom stereocenters. The van der Waals surface area contributed by atoms with Crippen molar-refractivity contribution in [3.63, 3.8) is 0 Å². The van der Waals surface area contributed by atoms with Gasteiger partial charge in [0.25, 0.3) is 0 Å². The number of carboxylic acids is 1. The first-order valence-corrected chi connectivity index (χ1v) is 16.6. The van der Waals surface area contributed by atoms with Crippen LogP contribution in [0.15, 0.2) is 0 Å². The van der Waals surface area contributed by atoms with Crippen molar-refractivity contribution < 1.29 is 43.8 Å². The van der Waals surface area contributed by atoms with Crippen molar-refractivity contribution in [3.8, 4) is 0 Å². The maximum Gasteiger partial charge on any atom is 0.325 e. The molecule has 0 radical (unpaired) electrons. The SMILES string of the molecule is CC[C@H](C)[C@H](NC(=O)[C@@H]1CCCN1C(=O)[C@H](C)N)C(=O)N[C@H](C(=O)N1CCC[C@H]1C(=O)N1CCC[C@H]1C(=O)N[C@@H](C)C(=O)O)[C@@H](C)O. The normalized spacial score (nSPS) is 24.9. The Balaban J connectivity index is 1.74. The summed E-state index contributed by atoms with van der Waals surface area (Å²) in [7, 11) is 0. The van der Waals surface area contributed by atoms with E-state index in [0.29, 0.717) is 51.5 Å². The predicted octanol–water partition coefficient (Wildman–Crippen LogP) is -1.71. The first-order chi connectivity index (χ1) is 22.1. The Bertz CT molecular complexity index is 1210. The molecule has 6 amide bonds. The summed E-state index contributed by atoms with van der Waals surface area (Å²) >= 11 is 0. The molecule has 0 aromatic carbocycles. The number of carboxylic acid groups (broad SMARTS) is 1. The summed E-state index contributed by atoms with van der Waals surface area (Å²) in [6, 6.07) is -7.05. The van der Waals surface area contributed by atoms with E-state index in [1.165, 1.54) is 28.5 Å². The van der Waals surface area contributed by atoms with Gasteiger partial charge >= 0.3 is 5.97 Å². The van der Waals surface area contributed by atoms with Gasteiger partial charge in [0.15, 0.2) is 0 Å². The number of aliphatic carboxylic acids is 1. The van der Waals surface area contributed by atoms with Crippen LogP contribution < -0.4 is 21.7 Å². The van der Waals surface area contributed by atoms with Gasteiger partial charge in [-0.25, -0.2) is 0 Å². The van der Waals surface area contributed by atoms with E-state index in [9.17, 15) is 38.7 Å². The zero-order valence-electron chi connectivity index (χ0n) is 27.9. The third kappa shape index (κ3) is 8.77. The van der Waals surface area contributed by atoms with E-state index in [-0.39, 0.29) is 24.9 Å². The topological polar surface area (TPSA) is 232 Å². The standard InChI is InChI=1S/C31H51N7O9/c1-6-16(2)23(34-26(41)21-11-7-13-36(21)28(43)17(3)32)27(42)35-24(19(5)39)30(45)38-15-9-12-22(38)29(44)37-14-8-10-20(37)25(40)33-18(4)31(46)47/h16-24,39H,6-15,32H2,1-5H3,(H,33,40)(H,34,41)(H,35,42)(H,46,47)/t16-,17-,18-,19+,20-,21-,22-,23-,24-/m0/s1. The van der Waals surface area contributed by atoms with Gasteiger partial charge in [-0.1, -0.05) is 20.3 Å². The van der Waals surface area contributed by atoms with Crippen LogP contribution in [0.5, 0.6) is 0 Å². The molecule has 0 saturated carbocycles. The van der Waals surface area contributed by atoms with Crippen LogP contribution in [0.3, 0.4) is 0 Å². The second-order valence-corrected chi connectivity index (χ2v) is 13.0. The Hall–Kier alpha value is -3.79. The van der Waals surface area contributed by atoms with E-state index < -0.39 is 83.9 Å². The van der Waals surface area contributed by atoms with Crippen molar-refractivity contribution in [1.29, 1.82) is 0 Å². The molecule has 3 heterocycles. The minimum Gasteiger partial charge on any atom is -0.480 e. The molecule has 3 aliphatic heterocycles. The van der Waals surface area contributed by atoms with Crippen LogP contribution in [0.4, 0.5) is 0 Å². The lowest BCUT2D eigenvalue weighted by Gasteiger charge is -2.34. The summed E-state index contributed by atoms with van der Waals surface area (Å²) in [5.74, 6) is -4.87. The first-order valence-electron chi connectivity index (χ1n) is 16.6. The van der Waals surface area contributed by atoms with Crippen LogP contribution in [-0.4, -0.2) is 134 Å². The van der Waals surface area contributed by atoms with Gasteiger partial charge in [0.1, 0.15) is 36.3 Å². The van der Waals surface area contributed by atoms with E-state index >= 15 is 0 Å². The number of hydrogen-bond acceptors (Lipinski definition) is 9. The number of nitrogens with zero attached hydrogens (tertiary/aromatic N) is 3. The summed E-state index contributed by atoms with van der Waals surface area (Å²) in [5.41, 5.74) is 5.76. The van der Waals surface area contributed by atoms with Gasteiger partial charge in [-0.05, 0) is 65.2 Å². The van der Waals surface area contributed by atoms with Crippen molar-refractivity contribution in [2.75, 3.05) is 19.6 Å². The van der Waals surface area contributed by atoms with E-state index in [0.717, 1.165) is 0 Å². The molecule has 3 rings (SSSR count). The first kappa shape index (κ1) is 37.7. The van der Waals surface area contributed by atoms with Crippen LogP contribution in [0.1, 0.15) is 79.6 Å². The van der Waals surface area contributed by atoms with Crippen LogP contribution in [-0.2, 0) is 33.6 Å². The van der Waals surface area contributed by atoms with Gasteiger partial charge in [-0.15, -0.1) is 0 Å². The number of carbonyl (C=O) groups excluding carboxylic acids is 6. The van der Waals surface area contributed by atoms with E-state index in [4.69, 9.17) is 10.8 Å². The average Bonchev–Trinajstić information content (AvgIpc) is 3.81. The summed E-state index contributed by atoms with van der Waals surface area (Å²) in [6.07, 6.45) is 1.82. The maximum atomic E-state index is 13.9. The molecule has 9 atom stereocenters. The molecule has 0 aliphatic carbocycles. The largest absolute Gasteiger partial charge is 0.480 e. The van der Waals surface area contributed by atoms with E-state index in [2.05, 4.69) is 16.0 Å². The lowest BCUT2D eigenvalue weighted by atomic mass is 9.96. The van der Waals surface area contributed by atoms with Crippen LogP contribution in [0.25, 0.3) is 0 Å². The van der Waals surface area contributed by atoms with E-state index in [1.54, 1.807) is 13.8 Å². The molecule has 3 aliphatic rings. The molecule has 0 bridgehead atoms. The summed E-state index contributed by atoms with van der Waals surface area (Å²) in [4.78, 5) is 95.3. The number of nitrogens with two attached hydrogens (primary N) is 1. The predicted molar refractivity (Wildman–Crippen MR) is 168 cm³/mol. The number of carbonyl (C=O) groups is 7. The summed E-state index contributed by atoms with van der Waals surface area (Å²) in [5, 5.41) is 27.6. The fourth-order valence-corrected chi connectivity index (χ4v) is 6.48. The van der Waals surface area contributed by atoms with Gasteiger partial charge in [0.05, 0.1) is 12.1 Å². The highest BCUT2D eigenvalue weighted by molar-refractivity contribution is 5.97. The fraction of sp³-hybridized carbons (Fsp3) is 0.774. The minimum atomic E-state index is -1.43. The molecule has 264 valence electrons. The van der Waals surface area contributed by atoms with Gasteiger partial charge in [0, 0.05) is 19.6 Å². The summed E-state index contributed by atoms with van der Waals surface area (Å²) in [6.45, 7) is 8.63. The average molecular weight is 666 g/mol. The highest BCUT2D eigenvalue weighted by Crippen LogP contribution is 2.26. The number of rotatable bonds is 13. The monoisotopic (exact) mass is 665 g/mol. The number of nitrogens with one attached hydrogen (secondary N) is 3. The van der Waals surface area contributed by atoms with Crippen LogP contribution >= 0.6 is 0 Å². The van der Waals surface area contributed by atoms with Gasteiger partial charge in [-0.3, -0.25) is 33.6 Å². The van der Waals surface area contributed by atoms with Crippen molar-refractivity contribution in [3.05, 3.63) is 0 Å². The Morgan fingerprint density at radius 2 is 1.21 bits per heavy atom. The number of likely N-dealkylation sites (tertiary alicyclic amines) is 3. The highest BCUT2D eigenvalue weighted by Gasteiger charge is 2.45. The maximum absolute atomic E-state index is 13.9. The number of aliphatic hydroxyl groups excluding tert-OH is 1. The molecular formula is C31H51N7O9. The number of aliphatic hydroxyl groups is 1. The van der Waals surface area contributed by atoms with Crippen LogP contribution in [0.2, 0.25) is 0 Å². The Morgan fingerprint density at radius 1 is 0.723 bits per heavy atom. The quantitative estimate of drug-likeness (QED) is 0.130. The summed E-state index contributed by atoms with van der Waals surface area (Å²) < 4.78 is 0. The Morgan fingerprint density at radius 3 is 1.72 bits per heavy atom. The molecule has 7 N–H and O–H groups in total. The molecule has 16 heteroatoms. The van der Waals surface area contributed by atoms with Gasteiger partial charge in [-0.2, -0.15) is 0 Å². The van der Waals surface area contributed by atoms with Crippen molar-refractivity contribution in [1.82, 2.24) is 30.7 Å². The van der Waals surface area contributed by atoms with Crippen molar-refractivity contribution in [2.45, 2.75) is 128 Å². The molecule has 3 fully saturated rings. The van der Waals surface area contributed by atoms with Crippen molar-refractivity contribution >= 4 is 41.4 Å². The smallest absolute Gasteiger partial charge is 0.325 e. The lowest BCUT2D eigenvalue weighted by Crippen LogP contribution is -2.62. The molecule has 47 heavy (non-hydrogen) atoms. The third-order valence-electron chi connectivity index (χ3n) is 9.46. The molecule has 16 nitrogen and oxygen atoms in total. The second-order valence-electron chi connectivity index (χ2n) is 13.0. The molecule has 0 spiro atoms. The zero-order valence-corrected chi connectivity index (χ0v) is 27.9. The zero-order chi connectivity index (χ0) is 35.2. The van der Waals surface area contributed by atoms with Crippen molar-refractivity contribution in [2.24, 2.45) is 11.7 Å². The Kier molecular flexibility index (Phi) is 13.1. The number of amides is 6. The number of hydrogen-bond donors (Lipinski definition) is 6. The van der Waals surface area contributed by atoms with Gasteiger partial charge in [0.2, 0.25) is 35.4 Å². The van der Waals surface area contributed by atoms with Crippen LogP contribution in [0, 0.1) is 5.92 Å². The molecule has 0 aromatic heterocycles. The fourth-order valence-electron chi connectivity index (χ4n) is 6.48. The molecular weight excluding hydrogens is 614 g/mol. The van der Waals surface area contributed by atoms with E-state index in [1.807, 2.05) is 6.92 Å². The second kappa shape index (κ2) is 16.4. The molecule has 3 saturated heterocycles.